The van der Waals surface area contributed by atoms with Gasteiger partial charge in [-0.3, -0.25) is 4.79 Å². The van der Waals surface area contributed by atoms with Gasteiger partial charge in [-0.1, -0.05) is 19.1 Å². The van der Waals surface area contributed by atoms with E-state index in [1.807, 2.05) is 0 Å². The molecule has 4 heteroatoms. The Balaban J connectivity index is 2.00. The van der Waals surface area contributed by atoms with Gasteiger partial charge < -0.3 is 5.11 Å². The zero-order chi connectivity index (χ0) is 13.0. The Morgan fingerprint density at radius 3 is 2.94 bits per heavy atom. The van der Waals surface area contributed by atoms with E-state index in [1.54, 1.807) is 18.2 Å². The molecule has 1 aliphatic rings. The Morgan fingerprint density at radius 2 is 2.22 bits per heavy atom. The van der Waals surface area contributed by atoms with Crippen LogP contribution < -0.4 is 5.43 Å². The first-order chi connectivity index (χ1) is 8.66. The first-order valence-corrected chi connectivity index (χ1v) is 6.30. The maximum absolute atomic E-state index is 11.8. The number of hydrogen-bond acceptors (Lipinski definition) is 3. The first-order valence-electron chi connectivity index (χ1n) is 6.30. The molecule has 0 aromatic heterocycles. The molecule has 0 heterocycles. The maximum Gasteiger partial charge on any atom is 0.275 e. The highest BCUT2D eigenvalue weighted by atomic mass is 16.3. The van der Waals surface area contributed by atoms with Gasteiger partial charge in [-0.25, -0.2) is 5.43 Å². The van der Waals surface area contributed by atoms with Crippen molar-refractivity contribution in [2.75, 3.05) is 0 Å². The molecule has 0 saturated heterocycles. The maximum atomic E-state index is 11.8. The van der Waals surface area contributed by atoms with Gasteiger partial charge in [-0.05, 0) is 43.7 Å². The molecule has 1 aromatic rings. The van der Waals surface area contributed by atoms with Gasteiger partial charge in [0.15, 0.2) is 0 Å². The minimum atomic E-state index is -0.362. The summed E-state index contributed by atoms with van der Waals surface area (Å²) in [5, 5.41) is 13.7. The smallest absolute Gasteiger partial charge is 0.275 e. The topological polar surface area (TPSA) is 61.7 Å². The molecule has 1 atom stereocenters. The van der Waals surface area contributed by atoms with E-state index in [0.717, 1.165) is 25.0 Å². The molecule has 18 heavy (non-hydrogen) atoms. The van der Waals surface area contributed by atoms with Crippen LogP contribution in [-0.2, 0) is 0 Å². The van der Waals surface area contributed by atoms with Gasteiger partial charge in [0.05, 0.1) is 5.56 Å². The molecule has 96 valence electrons. The molecule has 1 unspecified atom stereocenters. The zero-order valence-electron chi connectivity index (χ0n) is 10.5. The second kappa shape index (κ2) is 5.67. The second-order valence-corrected chi connectivity index (χ2v) is 4.84. The summed E-state index contributed by atoms with van der Waals surface area (Å²) in [6.45, 7) is 2.19. The van der Waals surface area contributed by atoms with E-state index in [9.17, 15) is 9.90 Å². The molecule has 1 aliphatic carbocycles. The molecule has 2 N–H and O–H groups in total. The number of phenolic OH excluding ortho intramolecular Hbond substituents is 1. The number of nitrogens with one attached hydrogen (secondary N) is 1. The minimum absolute atomic E-state index is 0.0211. The van der Waals surface area contributed by atoms with Crippen LogP contribution in [0.15, 0.2) is 29.4 Å². The lowest BCUT2D eigenvalue weighted by Gasteiger charge is -2.18. The monoisotopic (exact) mass is 246 g/mol. The number of carbonyl (C=O) groups excluding carboxylic acids is 1. The predicted octanol–water partition coefficient (Wildman–Crippen LogP) is 2.69. The standard InChI is InChI=1S/C14H18N2O2/c1-10-5-4-6-11(9-10)15-16-14(18)12-7-2-3-8-13(12)17/h2-3,7-8,10,17H,4-6,9H2,1H3,(H,16,18)/b15-11+. The van der Waals surface area contributed by atoms with Gasteiger partial charge in [-0.15, -0.1) is 0 Å². The van der Waals surface area contributed by atoms with Crippen LogP contribution >= 0.6 is 0 Å². The van der Waals surface area contributed by atoms with Crippen LogP contribution in [0.3, 0.4) is 0 Å². The fraction of sp³-hybridized carbons (Fsp3) is 0.429. The van der Waals surface area contributed by atoms with Crippen LogP contribution in [0.1, 0.15) is 43.0 Å². The number of carbonyl (C=O) groups is 1. The number of amides is 1. The van der Waals surface area contributed by atoms with E-state index >= 15 is 0 Å². The van der Waals surface area contributed by atoms with Crippen molar-refractivity contribution >= 4 is 11.6 Å². The Labute approximate surface area is 107 Å². The second-order valence-electron chi connectivity index (χ2n) is 4.84. The van der Waals surface area contributed by atoms with Gasteiger partial charge in [-0.2, -0.15) is 5.10 Å². The summed E-state index contributed by atoms with van der Waals surface area (Å²) in [6.07, 6.45) is 4.26. The molecule has 0 radical (unpaired) electrons. The van der Waals surface area contributed by atoms with Crippen molar-refractivity contribution in [3.63, 3.8) is 0 Å². The number of benzene rings is 1. The van der Waals surface area contributed by atoms with E-state index in [1.165, 1.54) is 12.5 Å². The number of hydrogen-bond donors (Lipinski definition) is 2. The largest absolute Gasteiger partial charge is 0.507 e. The summed E-state index contributed by atoms with van der Waals surface area (Å²) in [7, 11) is 0. The summed E-state index contributed by atoms with van der Waals surface area (Å²) in [5.41, 5.74) is 3.81. The van der Waals surface area contributed by atoms with Crippen molar-refractivity contribution in [3.05, 3.63) is 29.8 Å². The quantitative estimate of drug-likeness (QED) is 0.788. The Morgan fingerprint density at radius 1 is 1.44 bits per heavy atom. The molecule has 1 saturated carbocycles. The lowest BCUT2D eigenvalue weighted by Crippen LogP contribution is -2.22. The number of nitrogens with zero attached hydrogens (tertiary/aromatic N) is 1. The SMILES string of the molecule is CC1CCC/C(=N\NC(=O)c2ccccc2O)C1. The Hall–Kier alpha value is -1.84. The summed E-state index contributed by atoms with van der Waals surface area (Å²) in [5.74, 6) is 0.255. The third kappa shape index (κ3) is 3.09. The van der Waals surface area contributed by atoms with Gasteiger partial charge >= 0.3 is 0 Å². The Kier molecular flexibility index (Phi) is 3.97. The van der Waals surface area contributed by atoms with Crippen LogP contribution in [0.25, 0.3) is 0 Å². The third-order valence-electron chi connectivity index (χ3n) is 3.21. The number of aromatic hydroxyl groups is 1. The number of hydrazone groups is 1. The molecule has 2 rings (SSSR count). The summed E-state index contributed by atoms with van der Waals surface area (Å²) in [4.78, 5) is 11.8. The van der Waals surface area contributed by atoms with Crippen molar-refractivity contribution < 1.29 is 9.90 Å². The highest BCUT2D eigenvalue weighted by molar-refractivity contribution is 5.97. The molecular weight excluding hydrogens is 228 g/mol. The summed E-state index contributed by atoms with van der Waals surface area (Å²) in [6, 6.07) is 6.46. The van der Waals surface area contributed by atoms with Gasteiger partial charge in [0.25, 0.3) is 5.91 Å². The van der Waals surface area contributed by atoms with Gasteiger partial charge in [0.2, 0.25) is 0 Å². The normalized spacial score (nSPS) is 21.8. The van der Waals surface area contributed by atoms with E-state index in [0.29, 0.717) is 5.92 Å². The predicted molar refractivity (Wildman–Crippen MR) is 70.6 cm³/mol. The van der Waals surface area contributed by atoms with Crippen molar-refractivity contribution in [2.45, 2.75) is 32.6 Å². The molecule has 1 amide bonds. The van der Waals surface area contributed by atoms with Crippen molar-refractivity contribution in [3.8, 4) is 5.75 Å². The molecule has 0 bridgehead atoms. The van der Waals surface area contributed by atoms with Crippen LogP contribution in [0.5, 0.6) is 5.75 Å². The number of rotatable bonds is 2. The third-order valence-corrected chi connectivity index (χ3v) is 3.21. The lowest BCUT2D eigenvalue weighted by atomic mass is 9.89. The van der Waals surface area contributed by atoms with E-state index in [2.05, 4.69) is 17.5 Å². The average Bonchev–Trinajstić information content (AvgIpc) is 2.37. The molecule has 4 nitrogen and oxygen atoms in total. The van der Waals surface area contributed by atoms with E-state index < -0.39 is 0 Å². The van der Waals surface area contributed by atoms with Crippen LogP contribution in [0.2, 0.25) is 0 Å². The lowest BCUT2D eigenvalue weighted by molar-refractivity contribution is 0.0952. The van der Waals surface area contributed by atoms with E-state index in [-0.39, 0.29) is 17.2 Å². The molecule has 1 fully saturated rings. The minimum Gasteiger partial charge on any atom is -0.507 e. The Bertz CT molecular complexity index is 469. The highest BCUT2D eigenvalue weighted by Crippen LogP contribution is 2.21. The van der Waals surface area contributed by atoms with Crippen LogP contribution in [-0.4, -0.2) is 16.7 Å². The summed E-state index contributed by atoms with van der Waals surface area (Å²) >= 11 is 0. The van der Waals surface area contributed by atoms with Gasteiger partial charge in [0, 0.05) is 5.71 Å². The highest BCUT2D eigenvalue weighted by Gasteiger charge is 2.15. The van der Waals surface area contributed by atoms with E-state index in [4.69, 9.17) is 0 Å². The first kappa shape index (κ1) is 12.6. The average molecular weight is 246 g/mol. The van der Waals surface area contributed by atoms with Crippen molar-refractivity contribution in [1.82, 2.24) is 5.43 Å². The van der Waals surface area contributed by atoms with Crippen molar-refractivity contribution in [1.29, 1.82) is 0 Å². The fourth-order valence-electron chi connectivity index (χ4n) is 2.22. The zero-order valence-corrected chi connectivity index (χ0v) is 10.5. The molecule has 0 spiro atoms. The van der Waals surface area contributed by atoms with Crippen LogP contribution in [0, 0.1) is 5.92 Å². The van der Waals surface area contributed by atoms with Crippen molar-refractivity contribution in [2.24, 2.45) is 11.0 Å². The number of phenols is 1. The fourth-order valence-corrected chi connectivity index (χ4v) is 2.22. The van der Waals surface area contributed by atoms with Gasteiger partial charge in [0.1, 0.15) is 5.75 Å². The molecule has 1 aromatic carbocycles. The molecule has 0 aliphatic heterocycles. The number of para-hydroxylation sites is 1. The molecular formula is C14H18N2O2. The van der Waals surface area contributed by atoms with Crippen LogP contribution in [0.4, 0.5) is 0 Å². The summed E-state index contributed by atoms with van der Waals surface area (Å²) < 4.78 is 0.